The van der Waals surface area contributed by atoms with Crippen LogP contribution < -0.4 is 15.0 Å². The molecule has 110 valence electrons. The van der Waals surface area contributed by atoms with Gasteiger partial charge in [0.15, 0.2) is 0 Å². The van der Waals surface area contributed by atoms with Gasteiger partial charge in [-0.2, -0.15) is 0 Å². The SMILES string of the molecule is CN(C)c1ccc(NC(=O)CCOc2ccccc2)cn1. The Labute approximate surface area is 124 Å². The first-order valence-corrected chi connectivity index (χ1v) is 6.76. The number of amides is 1. The molecular formula is C16H19N3O2. The number of hydrogen-bond acceptors (Lipinski definition) is 4. The van der Waals surface area contributed by atoms with E-state index < -0.39 is 0 Å². The van der Waals surface area contributed by atoms with Crippen molar-refractivity contribution in [3.8, 4) is 5.75 Å². The number of hydrogen-bond donors (Lipinski definition) is 1. The van der Waals surface area contributed by atoms with E-state index in [1.54, 1.807) is 6.20 Å². The van der Waals surface area contributed by atoms with Crippen molar-refractivity contribution in [3.63, 3.8) is 0 Å². The fourth-order valence-corrected chi connectivity index (χ4v) is 1.73. The normalized spacial score (nSPS) is 10.0. The Morgan fingerprint density at radius 1 is 1.19 bits per heavy atom. The standard InChI is InChI=1S/C16H19N3O2/c1-19(2)15-9-8-13(12-17-15)18-16(20)10-11-21-14-6-4-3-5-7-14/h3-9,12H,10-11H2,1-2H3,(H,18,20). The Morgan fingerprint density at radius 2 is 1.95 bits per heavy atom. The van der Waals surface area contributed by atoms with Crippen molar-refractivity contribution >= 4 is 17.4 Å². The maximum absolute atomic E-state index is 11.8. The molecule has 1 heterocycles. The van der Waals surface area contributed by atoms with E-state index in [9.17, 15) is 4.79 Å². The highest BCUT2D eigenvalue weighted by atomic mass is 16.5. The Kier molecular flexibility index (Phi) is 5.15. The van der Waals surface area contributed by atoms with Gasteiger partial charge in [-0.05, 0) is 24.3 Å². The van der Waals surface area contributed by atoms with E-state index in [1.165, 1.54) is 0 Å². The fourth-order valence-electron chi connectivity index (χ4n) is 1.73. The highest BCUT2D eigenvalue weighted by molar-refractivity contribution is 5.90. The Hall–Kier alpha value is -2.56. The molecule has 0 aliphatic rings. The topological polar surface area (TPSA) is 54.5 Å². The summed E-state index contributed by atoms with van der Waals surface area (Å²) in [4.78, 5) is 17.9. The first-order valence-electron chi connectivity index (χ1n) is 6.76. The van der Waals surface area contributed by atoms with Crippen LogP contribution >= 0.6 is 0 Å². The van der Waals surface area contributed by atoms with Gasteiger partial charge in [0.2, 0.25) is 5.91 Å². The number of ether oxygens (including phenoxy) is 1. The molecule has 5 heteroatoms. The summed E-state index contributed by atoms with van der Waals surface area (Å²) in [5, 5.41) is 2.79. The van der Waals surface area contributed by atoms with Gasteiger partial charge in [0.1, 0.15) is 11.6 Å². The number of nitrogens with one attached hydrogen (secondary N) is 1. The third-order valence-electron chi connectivity index (χ3n) is 2.83. The predicted molar refractivity (Wildman–Crippen MR) is 83.7 cm³/mol. The van der Waals surface area contributed by atoms with Crippen LogP contribution in [0.2, 0.25) is 0 Å². The lowest BCUT2D eigenvalue weighted by atomic mass is 10.3. The van der Waals surface area contributed by atoms with Crippen molar-refractivity contribution in [2.24, 2.45) is 0 Å². The minimum absolute atomic E-state index is 0.0923. The van der Waals surface area contributed by atoms with E-state index in [4.69, 9.17) is 4.74 Å². The Morgan fingerprint density at radius 3 is 2.57 bits per heavy atom. The molecule has 2 rings (SSSR count). The first-order chi connectivity index (χ1) is 10.1. The molecule has 1 N–H and O–H groups in total. The van der Waals surface area contributed by atoms with Crippen molar-refractivity contribution in [2.75, 3.05) is 30.9 Å². The van der Waals surface area contributed by atoms with Crippen LogP contribution in [0, 0.1) is 0 Å². The van der Waals surface area contributed by atoms with Gasteiger partial charge in [-0.25, -0.2) is 4.98 Å². The second kappa shape index (κ2) is 7.28. The van der Waals surface area contributed by atoms with Crippen molar-refractivity contribution < 1.29 is 9.53 Å². The summed E-state index contributed by atoms with van der Waals surface area (Å²) in [5.41, 5.74) is 0.685. The number of pyridine rings is 1. The summed E-state index contributed by atoms with van der Waals surface area (Å²) >= 11 is 0. The maximum atomic E-state index is 11.8. The molecule has 0 unspecified atom stereocenters. The van der Waals surface area contributed by atoms with Gasteiger partial charge < -0.3 is 15.0 Å². The Bertz CT molecular complexity index is 568. The number of rotatable bonds is 6. The van der Waals surface area contributed by atoms with Crippen LogP contribution in [0.25, 0.3) is 0 Å². The zero-order valence-corrected chi connectivity index (χ0v) is 12.2. The molecule has 1 aromatic heterocycles. The number of anilines is 2. The summed E-state index contributed by atoms with van der Waals surface area (Å²) in [7, 11) is 3.84. The summed E-state index contributed by atoms with van der Waals surface area (Å²) in [6.07, 6.45) is 1.94. The van der Waals surface area contributed by atoms with Crippen LogP contribution in [0.15, 0.2) is 48.7 Å². The molecule has 0 spiro atoms. The average Bonchev–Trinajstić information content (AvgIpc) is 2.49. The zero-order chi connectivity index (χ0) is 15.1. The van der Waals surface area contributed by atoms with Gasteiger partial charge in [0.25, 0.3) is 0 Å². The van der Waals surface area contributed by atoms with Crippen LogP contribution in [-0.4, -0.2) is 31.6 Å². The molecule has 0 saturated carbocycles. The minimum atomic E-state index is -0.0923. The van der Waals surface area contributed by atoms with Crippen molar-refractivity contribution in [2.45, 2.75) is 6.42 Å². The molecule has 0 aliphatic carbocycles. The Balaban J connectivity index is 1.76. The molecule has 5 nitrogen and oxygen atoms in total. The lowest BCUT2D eigenvalue weighted by molar-refractivity contribution is -0.116. The molecule has 0 aliphatic heterocycles. The van der Waals surface area contributed by atoms with Gasteiger partial charge >= 0.3 is 0 Å². The van der Waals surface area contributed by atoms with Crippen molar-refractivity contribution in [3.05, 3.63) is 48.7 Å². The molecule has 21 heavy (non-hydrogen) atoms. The zero-order valence-electron chi connectivity index (χ0n) is 12.2. The molecule has 1 aromatic carbocycles. The second-order valence-corrected chi connectivity index (χ2v) is 4.76. The van der Waals surface area contributed by atoms with Crippen molar-refractivity contribution in [1.29, 1.82) is 0 Å². The number of para-hydroxylation sites is 1. The number of aromatic nitrogens is 1. The number of carbonyl (C=O) groups excluding carboxylic acids is 1. The van der Waals surface area contributed by atoms with Gasteiger partial charge in [-0.15, -0.1) is 0 Å². The number of carbonyl (C=O) groups is 1. The van der Waals surface area contributed by atoms with Crippen molar-refractivity contribution in [1.82, 2.24) is 4.98 Å². The van der Waals surface area contributed by atoms with E-state index in [0.717, 1.165) is 11.6 Å². The summed E-state index contributed by atoms with van der Waals surface area (Å²) in [5.74, 6) is 1.52. The number of nitrogens with zero attached hydrogens (tertiary/aromatic N) is 2. The van der Waals surface area contributed by atoms with Crippen LogP contribution in [-0.2, 0) is 4.79 Å². The van der Waals surface area contributed by atoms with E-state index in [1.807, 2.05) is 61.5 Å². The minimum Gasteiger partial charge on any atom is -0.493 e. The van der Waals surface area contributed by atoms with E-state index in [-0.39, 0.29) is 5.91 Å². The van der Waals surface area contributed by atoms with E-state index >= 15 is 0 Å². The van der Waals surface area contributed by atoms with Gasteiger partial charge in [0.05, 0.1) is 24.9 Å². The molecule has 0 fully saturated rings. The monoisotopic (exact) mass is 285 g/mol. The van der Waals surface area contributed by atoms with E-state index in [0.29, 0.717) is 18.7 Å². The lowest BCUT2D eigenvalue weighted by Crippen LogP contribution is -2.16. The largest absolute Gasteiger partial charge is 0.493 e. The number of benzene rings is 1. The third kappa shape index (κ3) is 4.80. The molecular weight excluding hydrogens is 266 g/mol. The van der Waals surface area contributed by atoms with E-state index in [2.05, 4.69) is 10.3 Å². The van der Waals surface area contributed by atoms with Crippen LogP contribution in [0.4, 0.5) is 11.5 Å². The second-order valence-electron chi connectivity index (χ2n) is 4.76. The molecule has 1 amide bonds. The van der Waals surface area contributed by atoms with Gasteiger partial charge in [-0.1, -0.05) is 18.2 Å². The van der Waals surface area contributed by atoms with Crippen LogP contribution in [0.3, 0.4) is 0 Å². The van der Waals surface area contributed by atoms with Crippen LogP contribution in [0.5, 0.6) is 5.75 Å². The van der Waals surface area contributed by atoms with Gasteiger partial charge in [0, 0.05) is 14.1 Å². The molecule has 0 saturated heterocycles. The highest BCUT2D eigenvalue weighted by Crippen LogP contribution is 2.12. The quantitative estimate of drug-likeness (QED) is 0.886. The highest BCUT2D eigenvalue weighted by Gasteiger charge is 2.04. The van der Waals surface area contributed by atoms with Gasteiger partial charge in [-0.3, -0.25) is 4.79 Å². The smallest absolute Gasteiger partial charge is 0.227 e. The fraction of sp³-hybridized carbons (Fsp3) is 0.250. The third-order valence-corrected chi connectivity index (χ3v) is 2.83. The van der Waals surface area contributed by atoms with Crippen LogP contribution in [0.1, 0.15) is 6.42 Å². The first kappa shape index (κ1) is 14.8. The summed E-state index contributed by atoms with van der Waals surface area (Å²) in [6.45, 7) is 0.346. The predicted octanol–water partition coefficient (Wildman–Crippen LogP) is 2.56. The lowest BCUT2D eigenvalue weighted by Gasteiger charge is -2.11. The summed E-state index contributed by atoms with van der Waals surface area (Å²) < 4.78 is 5.48. The maximum Gasteiger partial charge on any atom is 0.227 e. The average molecular weight is 285 g/mol. The molecule has 2 aromatic rings. The molecule has 0 atom stereocenters. The summed E-state index contributed by atoms with van der Waals surface area (Å²) in [6, 6.07) is 13.1. The molecule has 0 bridgehead atoms. The molecule has 0 radical (unpaired) electrons.